The molecule has 5 heteroatoms. The predicted octanol–water partition coefficient (Wildman–Crippen LogP) is 1.63. The van der Waals surface area contributed by atoms with Crippen molar-refractivity contribution >= 4 is 16.8 Å². The maximum absolute atomic E-state index is 5.87. The van der Waals surface area contributed by atoms with Gasteiger partial charge < -0.3 is 14.9 Å². The van der Waals surface area contributed by atoms with Crippen molar-refractivity contribution in [2.75, 3.05) is 25.4 Å². The minimum atomic E-state index is 0.271. The van der Waals surface area contributed by atoms with Gasteiger partial charge in [-0.05, 0) is 19.1 Å². The van der Waals surface area contributed by atoms with Crippen molar-refractivity contribution in [2.45, 2.75) is 19.6 Å². The van der Waals surface area contributed by atoms with Gasteiger partial charge in [-0.3, -0.25) is 4.90 Å². The molecule has 3 rings (SSSR count). The third kappa shape index (κ3) is 2.19. The smallest absolute Gasteiger partial charge is 0.209 e. The number of para-hydroxylation sites is 1. The summed E-state index contributed by atoms with van der Waals surface area (Å²) in [7, 11) is 0. The summed E-state index contributed by atoms with van der Waals surface area (Å²) in [5.41, 5.74) is 8.05. The number of aromatic nitrogens is 1. The van der Waals surface area contributed by atoms with Crippen LogP contribution in [0.1, 0.15) is 12.8 Å². The lowest BCUT2D eigenvalue weighted by molar-refractivity contribution is -0.0234. The zero-order chi connectivity index (χ0) is 12.5. The van der Waals surface area contributed by atoms with Crippen LogP contribution in [-0.2, 0) is 11.3 Å². The summed E-state index contributed by atoms with van der Waals surface area (Å²) in [5.74, 6) is 0.719. The molecule has 96 valence electrons. The highest BCUT2D eigenvalue weighted by atomic mass is 16.5. The van der Waals surface area contributed by atoms with Gasteiger partial charge in [-0.15, -0.1) is 0 Å². The van der Waals surface area contributed by atoms with Crippen molar-refractivity contribution in [2.24, 2.45) is 0 Å². The second kappa shape index (κ2) is 4.59. The van der Waals surface area contributed by atoms with Crippen molar-refractivity contribution in [3.05, 3.63) is 24.1 Å². The fourth-order valence-electron chi connectivity index (χ4n) is 2.31. The maximum atomic E-state index is 5.87. The maximum Gasteiger partial charge on any atom is 0.209 e. The standard InChI is InChI=1S/C13H17N3O2/c1-9-7-16(5-6-17-9)8-12-15-13-10(14)3-2-4-11(13)18-12/h2-4,9H,5-8,14H2,1H3. The Labute approximate surface area is 106 Å². The SMILES string of the molecule is CC1CN(Cc2nc3c(N)cccc3o2)CCO1. The number of rotatable bonds is 2. The molecule has 0 amide bonds. The first-order chi connectivity index (χ1) is 8.72. The van der Waals surface area contributed by atoms with E-state index in [0.717, 1.165) is 36.7 Å². The zero-order valence-corrected chi connectivity index (χ0v) is 10.4. The molecule has 0 saturated carbocycles. The van der Waals surface area contributed by atoms with Crippen molar-refractivity contribution in [3.8, 4) is 0 Å². The van der Waals surface area contributed by atoms with Crippen LogP contribution in [0.3, 0.4) is 0 Å². The molecule has 1 saturated heterocycles. The molecule has 18 heavy (non-hydrogen) atoms. The molecule has 2 N–H and O–H groups in total. The Hall–Kier alpha value is -1.59. The molecule has 0 radical (unpaired) electrons. The van der Waals surface area contributed by atoms with Gasteiger partial charge in [0.25, 0.3) is 0 Å². The second-order valence-corrected chi connectivity index (χ2v) is 4.72. The number of hydrogen-bond acceptors (Lipinski definition) is 5. The van der Waals surface area contributed by atoms with Crippen LogP contribution in [0.15, 0.2) is 22.6 Å². The van der Waals surface area contributed by atoms with Crippen LogP contribution in [0.2, 0.25) is 0 Å². The number of fused-ring (bicyclic) bond motifs is 1. The molecule has 1 fully saturated rings. The number of nitrogens with two attached hydrogens (primary N) is 1. The van der Waals surface area contributed by atoms with E-state index in [1.54, 1.807) is 0 Å². The molecule has 1 aromatic heterocycles. The molecule has 1 aliphatic rings. The fraction of sp³-hybridized carbons (Fsp3) is 0.462. The summed E-state index contributed by atoms with van der Waals surface area (Å²) in [6, 6.07) is 5.61. The van der Waals surface area contributed by atoms with Gasteiger partial charge in [-0.2, -0.15) is 0 Å². The molecule has 1 unspecified atom stereocenters. The number of ether oxygens (including phenoxy) is 1. The first-order valence-corrected chi connectivity index (χ1v) is 6.20. The average Bonchev–Trinajstić information content (AvgIpc) is 2.73. The van der Waals surface area contributed by atoms with Crippen molar-refractivity contribution in [3.63, 3.8) is 0 Å². The van der Waals surface area contributed by atoms with Crippen LogP contribution in [-0.4, -0.2) is 35.7 Å². The molecule has 1 atom stereocenters. The normalized spacial score (nSPS) is 21.5. The molecule has 1 aliphatic heterocycles. The van der Waals surface area contributed by atoms with E-state index in [2.05, 4.69) is 16.8 Å². The molecule has 5 nitrogen and oxygen atoms in total. The van der Waals surface area contributed by atoms with Crippen LogP contribution < -0.4 is 5.73 Å². The van der Waals surface area contributed by atoms with E-state index in [1.807, 2.05) is 18.2 Å². The van der Waals surface area contributed by atoms with Crippen molar-refractivity contribution in [1.29, 1.82) is 0 Å². The van der Waals surface area contributed by atoms with E-state index in [4.69, 9.17) is 14.9 Å². The number of hydrogen-bond donors (Lipinski definition) is 1. The molecule has 2 heterocycles. The molecule has 0 bridgehead atoms. The fourth-order valence-corrected chi connectivity index (χ4v) is 2.31. The van der Waals surface area contributed by atoms with E-state index in [9.17, 15) is 0 Å². The average molecular weight is 247 g/mol. The number of oxazole rings is 1. The van der Waals surface area contributed by atoms with Crippen LogP contribution >= 0.6 is 0 Å². The van der Waals surface area contributed by atoms with E-state index in [0.29, 0.717) is 12.2 Å². The molecular formula is C13H17N3O2. The zero-order valence-electron chi connectivity index (χ0n) is 10.4. The lowest BCUT2D eigenvalue weighted by atomic mass is 10.3. The van der Waals surface area contributed by atoms with Gasteiger partial charge in [-0.1, -0.05) is 6.07 Å². The molecule has 1 aromatic carbocycles. The van der Waals surface area contributed by atoms with Gasteiger partial charge in [0, 0.05) is 13.1 Å². The second-order valence-electron chi connectivity index (χ2n) is 4.72. The Morgan fingerprint density at radius 1 is 1.50 bits per heavy atom. The van der Waals surface area contributed by atoms with Crippen LogP contribution in [0, 0.1) is 0 Å². The third-order valence-electron chi connectivity index (χ3n) is 3.18. The molecule has 2 aromatic rings. The van der Waals surface area contributed by atoms with Crippen molar-refractivity contribution in [1.82, 2.24) is 9.88 Å². The summed E-state index contributed by atoms with van der Waals surface area (Å²) in [6.45, 7) is 5.38. The van der Waals surface area contributed by atoms with Crippen LogP contribution in [0.4, 0.5) is 5.69 Å². The quantitative estimate of drug-likeness (QED) is 0.817. The number of benzene rings is 1. The topological polar surface area (TPSA) is 64.5 Å². The van der Waals surface area contributed by atoms with Gasteiger partial charge in [0.05, 0.1) is 24.9 Å². The van der Waals surface area contributed by atoms with E-state index in [-0.39, 0.29) is 6.10 Å². The minimum absolute atomic E-state index is 0.271. The summed E-state index contributed by atoms with van der Waals surface area (Å²) in [5, 5.41) is 0. The summed E-state index contributed by atoms with van der Waals surface area (Å²) < 4.78 is 11.2. The van der Waals surface area contributed by atoms with Gasteiger partial charge in [0.15, 0.2) is 5.58 Å². The summed E-state index contributed by atoms with van der Waals surface area (Å²) in [6.07, 6.45) is 0.271. The van der Waals surface area contributed by atoms with Gasteiger partial charge in [0.2, 0.25) is 5.89 Å². The van der Waals surface area contributed by atoms with E-state index < -0.39 is 0 Å². The first-order valence-electron chi connectivity index (χ1n) is 6.20. The third-order valence-corrected chi connectivity index (χ3v) is 3.18. The number of anilines is 1. The van der Waals surface area contributed by atoms with Gasteiger partial charge in [0.1, 0.15) is 5.52 Å². The van der Waals surface area contributed by atoms with Crippen LogP contribution in [0.5, 0.6) is 0 Å². The Bertz CT molecular complexity index is 552. The lowest BCUT2D eigenvalue weighted by Gasteiger charge is -2.29. The lowest BCUT2D eigenvalue weighted by Crippen LogP contribution is -2.40. The molecular weight excluding hydrogens is 230 g/mol. The Morgan fingerprint density at radius 3 is 3.17 bits per heavy atom. The number of nitrogen functional groups attached to an aromatic ring is 1. The summed E-state index contributed by atoms with van der Waals surface area (Å²) >= 11 is 0. The van der Waals surface area contributed by atoms with Crippen LogP contribution in [0.25, 0.3) is 11.1 Å². The Kier molecular flexibility index (Phi) is 2.93. The first kappa shape index (κ1) is 11.5. The molecule has 0 spiro atoms. The van der Waals surface area contributed by atoms with E-state index in [1.165, 1.54) is 0 Å². The minimum Gasteiger partial charge on any atom is -0.439 e. The number of nitrogens with zero attached hydrogens (tertiary/aromatic N) is 2. The summed E-state index contributed by atoms with van der Waals surface area (Å²) in [4.78, 5) is 6.74. The van der Waals surface area contributed by atoms with Crippen molar-refractivity contribution < 1.29 is 9.15 Å². The Balaban J connectivity index is 1.80. The van der Waals surface area contributed by atoms with Gasteiger partial charge >= 0.3 is 0 Å². The predicted molar refractivity (Wildman–Crippen MR) is 69.1 cm³/mol. The monoisotopic (exact) mass is 247 g/mol. The molecule has 0 aliphatic carbocycles. The highest BCUT2D eigenvalue weighted by Crippen LogP contribution is 2.22. The number of morpholine rings is 1. The highest BCUT2D eigenvalue weighted by Gasteiger charge is 2.19. The van der Waals surface area contributed by atoms with Gasteiger partial charge in [-0.25, -0.2) is 4.98 Å². The highest BCUT2D eigenvalue weighted by molar-refractivity contribution is 5.85. The Morgan fingerprint density at radius 2 is 2.39 bits per heavy atom. The largest absolute Gasteiger partial charge is 0.439 e. The van der Waals surface area contributed by atoms with E-state index >= 15 is 0 Å².